The first-order valence-corrected chi connectivity index (χ1v) is 6.80. The molecule has 0 bridgehead atoms. The zero-order chi connectivity index (χ0) is 13.1. The highest BCUT2D eigenvalue weighted by atomic mass is 35.5. The third-order valence-electron chi connectivity index (χ3n) is 3.38. The molecule has 3 N–H and O–H groups in total. The van der Waals surface area contributed by atoms with Crippen LogP contribution >= 0.6 is 11.6 Å². The van der Waals surface area contributed by atoms with Gasteiger partial charge in [-0.2, -0.15) is 0 Å². The van der Waals surface area contributed by atoms with Gasteiger partial charge in [-0.1, -0.05) is 30.7 Å². The molecule has 0 saturated heterocycles. The fraction of sp³-hybridized carbons (Fsp3) is 0.500. The Bertz CT molecular complexity index is 443. The normalized spacial score (nSPS) is 16.6. The Labute approximate surface area is 113 Å². The monoisotopic (exact) mass is 266 g/mol. The van der Waals surface area contributed by atoms with E-state index >= 15 is 0 Å². The number of halogens is 1. The van der Waals surface area contributed by atoms with Crippen molar-refractivity contribution in [3.05, 3.63) is 34.3 Å². The van der Waals surface area contributed by atoms with E-state index in [1.165, 1.54) is 12.8 Å². The number of carbonyl (C=O) groups excluding carboxylic acids is 1. The average Bonchev–Trinajstić information content (AvgIpc) is 3.14. The third-order valence-corrected chi connectivity index (χ3v) is 3.75. The maximum absolute atomic E-state index is 11.4. The van der Waals surface area contributed by atoms with E-state index in [9.17, 15) is 4.79 Å². The van der Waals surface area contributed by atoms with E-state index < -0.39 is 0 Å². The molecule has 0 heterocycles. The van der Waals surface area contributed by atoms with Crippen LogP contribution in [0.3, 0.4) is 0 Å². The number of nitrogens with two attached hydrogens (primary N) is 1. The lowest BCUT2D eigenvalue weighted by Crippen LogP contribution is -2.21. The van der Waals surface area contributed by atoms with E-state index in [1.807, 2.05) is 25.1 Å². The van der Waals surface area contributed by atoms with Crippen molar-refractivity contribution < 1.29 is 4.79 Å². The number of primary amides is 1. The van der Waals surface area contributed by atoms with Crippen LogP contribution in [0.5, 0.6) is 0 Å². The fourth-order valence-corrected chi connectivity index (χ4v) is 2.27. The minimum Gasteiger partial charge on any atom is -0.369 e. The summed E-state index contributed by atoms with van der Waals surface area (Å²) < 4.78 is 0. The minimum absolute atomic E-state index is 0.220. The largest absolute Gasteiger partial charge is 0.369 e. The molecule has 1 atom stereocenters. The molecular formula is C14H19ClN2O. The van der Waals surface area contributed by atoms with Gasteiger partial charge in [0.25, 0.3) is 0 Å². The van der Waals surface area contributed by atoms with E-state index in [4.69, 9.17) is 17.3 Å². The van der Waals surface area contributed by atoms with Gasteiger partial charge in [0.2, 0.25) is 5.91 Å². The van der Waals surface area contributed by atoms with Crippen LogP contribution in [0.2, 0.25) is 5.02 Å². The topological polar surface area (TPSA) is 55.1 Å². The summed E-state index contributed by atoms with van der Waals surface area (Å²) in [6.45, 7) is 2.72. The molecule has 1 aliphatic rings. The first-order valence-electron chi connectivity index (χ1n) is 6.42. The first kappa shape index (κ1) is 13.4. The van der Waals surface area contributed by atoms with Crippen molar-refractivity contribution >= 4 is 17.5 Å². The predicted octanol–water partition coefficient (Wildman–Crippen LogP) is 2.57. The van der Waals surface area contributed by atoms with Crippen LogP contribution in [0.25, 0.3) is 0 Å². The van der Waals surface area contributed by atoms with Crippen molar-refractivity contribution in [2.45, 2.75) is 44.7 Å². The van der Waals surface area contributed by atoms with Crippen LogP contribution in [0.1, 0.15) is 43.2 Å². The van der Waals surface area contributed by atoms with Gasteiger partial charge in [0.05, 0.1) is 5.92 Å². The number of hydrogen-bond donors (Lipinski definition) is 2. The molecule has 1 aromatic carbocycles. The van der Waals surface area contributed by atoms with E-state index in [-0.39, 0.29) is 11.8 Å². The van der Waals surface area contributed by atoms with Crippen molar-refractivity contribution in [2.24, 2.45) is 5.73 Å². The second-order valence-electron chi connectivity index (χ2n) is 4.87. The van der Waals surface area contributed by atoms with E-state index in [0.717, 1.165) is 22.7 Å². The van der Waals surface area contributed by atoms with Gasteiger partial charge in [-0.15, -0.1) is 0 Å². The first-order chi connectivity index (χ1) is 8.61. The molecule has 1 amide bonds. The van der Waals surface area contributed by atoms with Gasteiger partial charge in [-0.3, -0.25) is 4.79 Å². The number of hydrogen-bond acceptors (Lipinski definition) is 2. The summed E-state index contributed by atoms with van der Waals surface area (Å²) >= 11 is 6.17. The SMILES string of the molecule is CCC(C(N)=O)c1ccc(Cl)c(CNC2CC2)c1. The molecule has 98 valence electrons. The van der Waals surface area contributed by atoms with Gasteiger partial charge in [0.1, 0.15) is 0 Å². The zero-order valence-electron chi connectivity index (χ0n) is 10.6. The Morgan fingerprint density at radius 3 is 2.83 bits per heavy atom. The second kappa shape index (κ2) is 5.72. The van der Waals surface area contributed by atoms with Crippen LogP contribution in [0.15, 0.2) is 18.2 Å². The second-order valence-corrected chi connectivity index (χ2v) is 5.28. The summed E-state index contributed by atoms with van der Waals surface area (Å²) in [5.74, 6) is -0.497. The number of rotatable bonds is 6. The van der Waals surface area contributed by atoms with Crippen molar-refractivity contribution in [1.82, 2.24) is 5.32 Å². The molecule has 1 aromatic rings. The Kier molecular flexibility index (Phi) is 4.25. The highest BCUT2D eigenvalue weighted by molar-refractivity contribution is 6.31. The molecule has 1 unspecified atom stereocenters. The maximum atomic E-state index is 11.4. The van der Waals surface area contributed by atoms with Crippen molar-refractivity contribution in [3.63, 3.8) is 0 Å². The molecule has 0 aromatic heterocycles. The van der Waals surface area contributed by atoms with Gasteiger partial charge < -0.3 is 11.1 Å². The third kappa shape index (κ3) is 3.24. The zero-order valence-corrected chi connectivity index (χ0v) is 11.3. The average molecular weight is 267 g/mol. The van der Waals surface area contributed by atoms with Gasteiger partial charge in [0.15, 0.2) is 0 Å². The lowest BCUT2D eigenvalue weighted by Gasteiger charge is -2.14. The summed E-state index contributed by atoms with van der Waals surface area (Å²) in [4.78, 5) is 11.4. The Balaban J connectivity index is 2.15. The standard InChI is InChI=1S/C14H19ClN2O/c1-2-12(14(16)18)9-3-6-13(15)10(7-9)8-17-11-4-5-11/h3,6-7,11-12,17H,2,4-5,8H2,1H3,(H2,16,18). The fourth-order valence-electron chi connectivity index (χ4n) is 2.09. The van der Waals surface area contributed by atoms with Gasteiger partial charge in [-0.05, 0) is 36.5 Å². The smallest absolute Gasteiger partial charge is 0.224 e. The molecule has 0 radical (unpaired) electrons. The van der Waals surface area contributed by atoms with E-state index in [0.29, 0.717) is 12.5 Å². The summed E-state index contributed by atoms with van der Waals surface area (Å²) in [6.07, 6.45) is 3.21. The Morgan fingerprint density at radius 1 is 1.56 bits per heavy atom. The lowest BCUT2D eigenvalue weighted by molar-refractivity contribution is -0.119. The Morgan fingerprint density at radius 2 is 2.28 bits per heavy atom. The van der Waals surface area contributed by atoms with E-state index in [1.54, 1.807) is 0 Å². The molecule has 0 aliphatic heterocycles. The van der Waals surface area contributed by atoms with Gasteiger partial charge in [0, 0.05) is 17.6 Å². The predicted molar refractivity (Wildman–Crippen MR) is 73.5 cm³/mol. The van der Waals surface area contributed by atoms with Crippen molar-refractivity contribution in [1.29, 1.82) is 0 Å². The number of benzene rings is 1. The molecule has 2 rings (SSSR count). The highest BCUT2D eigenvalue weighted by Crippen LogP contribution is 2.26. The lowest BCUT2D eigenvalue weighted by atomic mass is 9.94. The molecule has 1 fully saturated rings. The number of carbonyl (C=O) groups is 1. The maximum Gasteiger partial charge on any atom is 0.224 e. The van der Waals surface area contributed by atoms with Gasteiger partial charge in [-0.25, -0.2) is 0 Å². The van der Waals surface area contributed by atoms with Crippen LogP contribution in [0, 0.1) is 0 Å². The molecule has 0 spiro atoms. The van der Waals surface area contributed by atoms with Gasteiger partial charge >= 0.3 is 0 Å². The van der Waals surface area contributed by atoms with Crippen LogP contribution in [-0.4, -0.2) is 11.9 Å². The Hall–Kier alpha value is -1.06. The quantitative estimate of drug-likeness (QED) is 0.831. The molecule has 18 heavy (non-hydrogen) atoms. The summed E-state index contributed by atoms with van der Waals surface area (Å²) in [6, 6.07) is 6.38. The van der Waals surface area contributed by atoms with E-state index in [2.05, 4.69) is 5.32 Å². The van der Waals surface area contributed by atoms with Crippen LogP contribution in [0.4, 0.5) is 0 Å². The molecule has 1 aliphatic carbocycles. The van der Waals surface area contributed by atoms with Crippen LogP contribution in [-0.2, 0) is 11.3 Å². The summed E-state index contributed by atoms with van der Waals surface area (Å²) in [5.41, 5.74) is 7.41. The molecule has 1 saturated carbocycles. The molecular weight excluding hydrogens is 248 g/mol. The van der Waals surface area contributed by atoms with Crippen molar-refractivity contribution in [2.75, 3.05) is 0 Å². The number of nitrogens with one attached hydrogen (secondary N) is 1. The summed E-state index contributed by atoms with van der Waals surface area (Å²) in [7, 11) is 0. The minimum atomic E-state index is -0.277. The molecule has 4 heteroatoms. The van der Waals surface area contributed by atoms with Crippen molar-refractivity contribution in [3.8, 4) is 0 Å². The highest BCUT2D eigenvalue weighted by Gasteiger charge is 2.21. The summed E-state index contributed by atoms with van der Waals surface area (Å²) in [5, 5.41) is 4.17. The molecule has 3 nitrogen and oxygen atoms in total. The van der Waals surface area contributed by atoms with Crippen LogP contribution < -0.4 is 11.1 Å². The number of amides is 1.